The van der Waals surface area contributed by atoms with Crippen molar-refractivity contribution in [1.82, 2.24) is 0 Å². The van der Waals surface area contributed by atoms with E-state index in [0.717, 1.165) is 70.6 Å². The molecule has 0 aliphatic heterocycles. The highest BCUT2D eigenvalue weighted by molar-refractivity contribution is 7.46. The fraction of sp³-hybridized carbons (Fsp3) is 0.805. The normalized spacial score (nSPS) is 12.8. The van der Waals surface area contributed by atoms with Gasteiger partial charge in [-0.15, -0.1) is 0 Å². The monoisotopic (exact) mass is 727 g/mol. The van der Waals surface area contributed by atoms with Gasteiger partial charge in [0.15, 0.2) is 6.10 Å². The summed E-state index contributed by atoms with van der Waals surface area (Å²) in [4.78, 5) is 42.8. The number of carbonyl (C=O) groups is 2. The van der Waals surface area contributed by atoms with Crippen molar-refractivity contribution >= 4 is 19.8 Å². The molecular formula is C41H75O8P. The summed E-state index contributed by atoms with van der Waals surface area (Å²) in [6, 6.07) is 0. The van der Waals surface area contributed by atoms with Crippen LogP contribution >= 0.6 is 7.82 Å². The molecule has 2 N–H and O–H groups in total. The Hall–Kier alpha value is -1.73. The van der Waals surface area contributed by atoms with Gasteiger partial charge in [-0.25, -0.2) is 4.57 Å². The Balaban J connectivity index is 3.96. The highest BCUT2D eigenvalue weighted by Gasteiger charge is 2.22. The van der Waals surface area contributed by atoms with Crippen LogP contribution in [0.4, 0.5) is 0 Å². The number of carbonyl (C=O) groups excluding carboxylic acids is 2. The molecule has 292 valence electrons. The molecule has 0 heterocycles. The Bertz CT molecular complexity index is 910. The molecule has 0 saturated carbocycles. The van der Waals surface area contributed by atoms with Crippen molar-refractivity contribution in [3.63, 3.8) is 0 Å². The highest BCUT2D eigenvalue weighted by atomic mass is 31.2. The average Bonchev–Trinajstić information content (AvgIpc) is 3.08. The van der Waals surface area contributed by atoms with Crippen LogP contribution in [0.25, 0.3) is 0 Å². The van der Waals surface area contributed by atoms with Gasteiger partial charge in [0, 0.05) is 12.8 Å². The molecule has 0 fully saturated rings. The van der Waals surface area contributed by atoms with Crippen molar-refractivity contribution in [3.8, 4) is 0 Å². The molecule has 0 aliphatic rings. The number of hydrogen-bond acceptors (Lipinski definition) is 6. The number of unbranched alkanes of at least 4 members (excludes halogenated alkanes) is 22. The zero-order chi connectivity index (χ0) is 36.8. The summed E-state index contributed by atoms with van der Waals surface area (Å²) in [5.74, 6) is -0.905. The predicted molar refractivity (Wildman–Crippen MR) is 207 cm³/mol. The van der Waals surface area contributed by atoms with E-state index < -0.39 is 32.5 Å². The van der Waals surface area contributed by atoms with Crippen molar-refractivity contribution in [2.24, 2.45) is 0 Å². The Morgan fingerprint density at radius 1 is 0.520 bits per heavy atom. The second kappa shape index (κ2) is 37.0. The summed E-state index contributed by atoms with van der Waals surface area (Å²) in [6.45, 7) is 3.64. The van der Waals surface area contributed by atoms with Crippen LogP contribution in [-0.4, -0.2) is 41.0 Å². The van der Waals surface area contributed by atoms with Crippen LogP contribution in [0.1, 0.15) is 194 Å². The fourth-order valence-electron chi connectivity index (χ4n) is 5.59. The second-order valence-electron chi connectivity index (χ2n) is 13.6. The number of esters is 2. The van der Waals surface area contributed by atoms with Gasteiger partial charge in [0.2, 0.25) is 0 Å². The molecule has 0 aromatic rings. The lowest BCUT2D eigenvalue weighted by Crippen LogP contribution is -2.29. The fourth-order valence-corrected chi connectivity index (χ4v) is 5.95. The third-order valence-corrected chi connectivity index (χ3v) is 9.14. The van der Waals surface area contributed by atoms with Crippen molar-refractivity contribution in [2.45, 2.75) is 200 Å². The van der Waals surface area contributed by atoms with Gasteiger partial charge in [0.1, 0.15) is 6.61 Å². The van der Waals surface area contributed by atoms with E-state index in [1.165, 1.54) is 89.9 Å². The van der Waals surface area contributed by atoms with E-state index in [2.05, 4.69) is 54.8 Å². The second-order valence-corrected chi connectivity index (χ2v) is 14.9. The molecule has 0 radical (unpaired) electrons. The van der Waals surface area contributed by atoms with Crippen LogP contribution < -0.4 is 0 Å². The first-order valence-electron chi connectivity index (χ1n) is 20.3. The van der Waals surface area contributed by atoms with Gasteiger partial charge >= 0.3 is 19.8 Å². The zero-order valence-corrected chi connectivity index (χ0v) is 32.9. The summed E-state index contributed by atoms with van der Waals surface area (Å²) in [5, 5.41) is 0. The van der Waals surface area contributed by atoms with E-state index in [1.807, 2.05) is 0 Å². The summed E-state index contributed by atoms with van der Waals surface area (Å²) in [6.07, 6.45) is 42.9. The predicted octanol–water partition coefficient (Wildman–Crippen LogP) is 12.2. The van der Waals surface area contributed by atoms with Gasteiger partial charge in [-0.3, -0.25) is 14.1 Å². The Kier molecular flexibility index (Phi) is 35.8. The topological polar surface area (TPSA) is 119 Å². The molecule has 0 saturated heterocycles. The lowest BCUT2D eigenvalue weighted by Gasteiger charge is -2.18. The largest absolute Gasteiger partial charge is 0.469 e. The van der Waals surface area contributed by atoms with Crippen LogP contribution in [-0.2, 0) is 28.2 Å². The Morgan fingerprint density at radius 3 is 1.36 bits per heavy atom. The zero-order valence-electron chi connectivity index (χ0n) is 32.0. The first kappa shape index (κ1) is 48.3. The maximum absolute atomic E-state index is 12.4. The van der Waals surface area contributed by atoms with Gasteiger partial charge in [-0.1, -0.05) is 153 Å². The van der Waals surface area contributed by atoms with Gasteiger partial charge in [0.25, 0.3) is 0 Å². The van der Waals surface area contributed by atoms with Crippen LogP contribution in [0.2, 0.25) is 0 Å². The van der Waals surface area contributed by atoms with E-state index in [9.17, 15) is 14.2 Å². The van der Waals surface area contributed by atoms with E-state index in [1.54, 1.807) is 0 Å². The molecule has 0 unspecified atom stereocenters. The maximum Gasteiger partial charge on any atom is 0.469 e. The minimum atomic E-state index is -4.76. The SMILES string of the molecule is CCCCCC/C=C/C=C/CCCCCCCC(=O)O[C@H](COC(=O)CCCCCCCCC/C=C/CCCCCCCC)COP(=O)(O)O. The standard InChI is InChI=1S/C41H75O8P/c1-3-5-7-9-11-13-15-17-19-20-22-23-25-27-29-31-33-35-40(42)47-37-39(38-48-50(44,45)46)49-41(43)36-34-32-30-28-26-24-21-18-16-14-12-10-8-6-4-2/h14,16-19,21,39H,3-13,15,20,22-38H2,1-2H3,(H2,44,45,46)/b16-14+,19-17+,21-18+/t39-/m1/s1. The van der Waals surface area contributed by atoms with E-state index in [4.69, 9.17) is 19.3 Å². The quantitative estimate of drug-likeness (QED) is 0.0213. The first-order chi connectivity index (χ1) is 24.3. The van der Waals surface area contributed by atoms with Gasteiger partial charge in [-0.05, 0) is 64.2 Å². The molecule has 9 heteroatoms. The van der Waals surface area contributed by atoms with Gasteiger partial charge in [-0.2, -0.15) is 0 Å². The van der Waals surface area contributed by atoms with Crippen molar-refractivity contribution < 1.29 is 37.9 Å². The third kappa shape index (κ3) is 39.1. The number of ether oxygens (including phenoxy) is 2. The molecule has 0 amide bonds. The van der Waals surface area contributed by atoms with E-state index in [-0.39, 0.29) is 19.4 Å². The van der Waals surface area contributed by atoms with Crippen LogP contribution in [0.3, 0.4) is 0 Å². The number of phosphoric ester groups is 1. The molecule has 0 rings (SSSR count). The lowest BCUT2D eigenvalue weighted by atomic mass is 10.1. The highest BCUT2D eigenvalue weighted by Crippen LogP contribution is 2.36. The molecule has 0 aromatic carbocycles. The summed E-state index contributed by atoms with van der Waals surface area (Å²) in [7, 11) is -4.76. The van der Waals surface area contributed by atoms with Gasteiger partial charge in [0.05, 0.1) is 6.61 Å². The molecule has 0 aliphatic carbocycles. The summed E-state index contributed by atoms with van der Waals surface area (Å²) < 4.78 is 26.3. The van der Waals surface area contributed by atoms with Crippen LogP contribution in [0.5, 0.6) is 0 Å². The summed E-state index contributed by atoms with van der Waals surface area (Å²) >= 11 is 0. The Labute approximate surface area is 306 Å². The van der Waals surface area contributed by atoms with Crippen LogP contribution in [0, 0.1) is 0 Å². The minimum Gasteiger partial charge on any atom is -0.462 e. The smallest absolute Gasteiger partial charge is 0.462 e. The molecule has 0 spiro atoms. The van der Waals surface area contributed by atoms with Crippen LogP contribution in [0.15, 0.2) is 36.5 Å². The van der Waals surface area contributed by atoms with E-state index in [0.29, 0.717) is 6.42 Å². The summed E-state index contributed by atoms with van der Waals surface area (Å²) in [5.41, 5.74) is 0. The molecular weight excluding hydrogens is 651 g/mol. The number of phosphoric acid groups is 1. The average molecular weight is 727 g/mol. The number of hydrogen-bond donors (Lipinski definition) is 2. The van der Waals surface area contributed by atoms with Crippen molar-refractivity contribution in [2.75, 3.05) is 13.2 Å². The molecule has 0 bridgehead atoms. The molecule has 1 atom stereocenters. The number of rotatable bonds is 37. The Morgan fingerprint density at radius 2 is 0.900 bits per heavy atom. The molecule has 0 aromatic heterocycles. The maximum atomic E-state index is 12.4. The van der Waals surface area contributed by atoms with E-state index >= 15 is 0 Å². The molecule has 8 nitrogen and oxygen atoms in total. The first-order valence-corrected chi connectivity index (χ1v) is 21.8. The lowest BCUT2D eigenvalue weighted by molar-refractivity contribution is -0.161. The number of allylic oxidation sites excluding steroid dienone is 6. The minimum absolute atomic E-state index is 0.194. The van der Waals surface area contributed by atoms with Gasteiger partial charge < -0.3 is 19.3 Å². The molecule has 50 heavy (non-hydrogen) atoms. The van der Waals surface area contributed by atoms with Crippen molar-refractivity contribution in [1.29, 1.82) is 0 Å². The third-order valence-electron chi connectivity index (χ3n) is 8.66. The van der Waals surface area contributed by atoms with Crippen molar-refractivity contribution in [3.05, 3.63) is 36.5 Å².